The lowest BCUT2D eigenvalue weighted by molar-refractivity contribution is 0.579. The van der Waals surface area contributed by atoms with Crippen molar-refractivity contribution in [1.29, 1.82) is 0 Å². The van der Waals surface area contributed by atoms with E-state index in [0.29, 0.717) is 17.3 Å². The molecular formula is C12H10BrN3O. The number of halogens is 1. The van der Waals surface area contributed by atoms with Crippen molar-refractivity contribution in [2.75, 3.05) is 5.73 Å². The molecule has 0 bridgehead atoms. The molecule has 0 amide bonds. The van der Waals surface area contributed by atoms with E-state index in [-0.39, 0.29) is 0 Å². The highest BCUT2D eigenvalue weighted by Gasteiger charge is 2.17. The minimum Gasteiger partial charge on any atom is -0.461 e. The average molecular weight is 292 g/mol. The van der Waals surface area contributed by atoms with Gasteiger partial charge in [-0.25, -0.2) is 4.98 Å². The SMILES string of the molecule is Cc1cccn2c(N)c(-c3occc3Br)nc12. The molecule has 0 aliphatic rings. The molecule has 17 heavy (non-hydrogen) atoms. The zero-order valence-electron chi connectivity index (χ0n) is 9.14. The molecule has 0 unspecified atom stereocenters. The number of furan rings is 1. The van der Waals surface area contributed by atoms with Gasteiger partial charge in [-0.3, -0.25) is 4.40 Å². The van der Waals surface area contributed by atoms with Crippen LogP contribution in [0.2, 0.25) is 0 Å². The summed E-state index contributed by atoms with van der Waals surface area (Å²) in [5.41, 5.74) is 8.68. The highest BCUT2D eigenvalue weighted by Crippen LogP contribution is 2.33. The molecule has 86 valence electrons. The fourth-order valence-corrected chi connectivity index (χ4v) is 2.24. The van der Waals surface area contributed by atoms with E-state index in [0.717, 1.165) is 15.7 Å². The van der Waals surface area contributed by atoms with Crippen LogP contribution < -0.4 is 5.73 Å². The van der Waals surface area contributed by atoms with Crippen LogP contribution in [0.4, 0.5) is 5.82 Å². The minimum absolute atomic E-state index is 0.583. The topological polar surface area (TPSA) is 56.5 Å². The lowest BCUT2D eigenvalue weighted by Crippen LogP contribution is -1.94. The Kier molecular flexibility index (Phi) is 2.22. The van der Waals surface area contributed by atoms with Crippen molar-refractivity contribution in [2.45, 2.75) is 6.92 Å². The van der Waals surface area contributed by atoms with E-state index in [1.165, 1.54) is 0 Å². The maximum Gasteiger partial charge on any atom is 0.170 e. The zero-order valence-corrected chi connectivity index (χ0v) is 10.7. The van der Waals surface area contributed by atoms with Crippen LogP contribution in [0, 0.1) is 6.92 Å². The summed E-state index contributed by atoms with van der Waals surface area (Å²) in [6.07, 6.45) is 3.50. The Hall–Kier alpha value is -1.75. The summed E-state index contributed by atoms with van der Waals surface area (Å²) < 4.78 is 8.11. The van der Waals surface area contributed by atoms with Gasteiger partial charge in [0.1, 0.15) is 17.2 Å². The van der Waals surface area contributed by atoms with Crippen molar-refractivity contribution in [1.82, 2.24) is 9.38 Å². The molecule has 0 saturated heterocycles. The van der Waals surface area contributed by atoms with Crippen LogP contribution >= 0.6 is 15.9 Å². The number of anilines is 1. The molecule has 0 spiro atoms. The normalized spacial score (nSPS) is 11.2. The van der Waals surface area contributed by atoms with Crippen LogP contribution in [0.15, 0.2) is 39.5 Å². The van der Waals surface area contributed by atoms with Crippen LogP contribution in [-0.4, -0.2) is 9.38 Å². The third-order valence-electron chi connectivity index (χ3n) is 2.71. The summed E-state index contributed by atoms with van der Waals surface area (Å²) in [6.45, 7) is 2.00. The van der Waals surface area contributed by atoms with Gasteiger partial charge in [0, 0.05) is 6.20 Å². The number of aromatic nitrogens is 2. The molecule has 4 nitrogen and oxygen atoms in total. The summed E-state index contributed by atoms with van der Waals surface area (Å²) >= 11 is 3.41. The molecule has 3 aromatic heterocycles. The number of hydrogen-bond donors (Lipinski definition) is 1. The van der Waals surface area contributed by atoms with Crippen molar-refractivity contribution in [3.8, 4) is 11.5 Å². The third-order valence-corrected chi connectivity index (χ3v) is 3.34. The summed E-state index contributed by atoms with van der Waals surface area (Å²) in [5, 5.41) is 0. The lowest BCUT2D eigenvalue weighted by Gasteiger charge is -1.97. The van der Waals surface area contributed by atoms with Gasteiger partial charge in [-0.1, -0.05) is 6.07 Å². The van der Waals surface area contributed by atoms with Crippen molar-refractivity contribution in [3.63, 3.8) is 0 Å². The fraction of sp³-hybridized carbons (Fsp3) is 0.0833. The van der Waals surface area contributed by atoms with E-state index < -0.39 is 0 Å². The predicted octanol–water partition coefficient (Wildman–Crippen LogP) is 3.25. The second kappa shape index (κ2) is 3.63. The van der Waals surface area contributed by atoms with E-state index in [9.17, 15) is 0 Å². The zero-order chi connectivity index (χ0) is 12.0. The molecule has 3 aromatic rings. The summed E-state index contributed by atoms with van der Waals surface area (Å²) in [6, 6.07) is 5.77. The van der Waals surface area contributed by atoms with Crippen LogP contribution in [0.1, 0.15) is 5.56 Å². The van der Waals surface area contributed by atoms with E-state index in [1.807, 2.05) is 35.7 Å². The van der Waals surface area contributed by atoms with Gasteiger partial charge in [-0.15, -0.1) is 0 Å². The number of nitrogens with two attached hydrogens (primary N) is 1. The van der Waals surface area contributed by atoms with E-state index >= 15 is 0 Å². The first-order valence-corrected chi connectivity index (χ1v) is 5.94. The number of rotatable bonds is 1. The first-order valence-electron chi connectivity index (χ1n) is 5.15. The van der Waals surface area contributed by atoms with Gasteiger partial charge in [0.05, 0.1) is 10.7 Å². The van der Waals surface area contributed by atoms with Gasteiger partial charge < -0.3 is 10.2 Å². The number of fused-ring (bicyclic) bond motifs is 1. The van der Waals surface area contributed by atoms with Crippen molar-refractivity contribution < 1.29 is 4.42 Å². The van der Waals surface area contributed by atoms with Gasteiger partial charge in [0.2, 0.25) is 0 Å². The molecule has 0 aromatic carbocycles. The second-order valence-corrected chi connectivity index (χ2v) is 4.68. The average Bonchev–Trinajstić information content (AvgIpc) is 2.85. The van der Waals surface area contributed by atoms with Crippen LogP contribution in [0.25, 0.3) is 17.1 Å². The lowest BCUT2D eigenvalue weighted by atomic mass is 10.3. The molecule has 0 radical (unpaired) electrons. The Balaban J connectivity index is 2.36. The summed E-state index contributed by atoms with van der Waals surface area (Å²) in [7, 11) is 0. The molecule has 0 fully saturated rings. The van der Waals surface area contributed by atoms with E-state index in [2.05, 4.69) is 20.9 Å². The van der Waals surface area contributed by atoms with Gasteiger partial charge in [-0.2, -0.15) is 0 Å². The molecule has 0 aliphatic carbocycles. The van der Waals surface area contributed by atoms with Crippen LogP contribution in [0.3, 0.4) is 0 Å². The number of aryl methyl sites for hydroxylation is 1. The van der Waals surface area contributed by atoms with Crippen molar-refractivity contribution >= 4 is 27.4 Å². The smallest absolute Gasteiger partial charge is 0.170 e. The monoisotopic (exact) mass is 291 g/mol. The number of nitrogen functional groups attached to an aromatic ring is 1. The highest BCUT2D eigenvalue weighted by atomic mass is 79.9. The Labute approximate surface area is 106 Å². The maximum absolute atomic E-state index is 6.09. The Bertz CT molecular complexity index is 699. The van der Waals surface area contributed by atoms with Gasteiger partial charge in [-0.05, 0) is 40.5 Å². The number of hydrogen-bond acceptors (Lipinski definition) is 3. The molecule has 5 heteroatoms. The third kappa shape index (κ3) is 1.46. The number of nitrogens with zero attached hydrogens (tertiary/aromatic N) is 2. The van der Waals surface area contributed by atoms with E-state index in [4.69, 9.17) is 10.2 Å². The molecule has 3 heterocycles. The predicted molar refractivity (Wildman–Crippen MR) is 69.7 cm³/mol. The molecule has 0 saturated carbocycles. The number of imidazole rings is 1. The molecule has 2 N–H and O–H groups in total. The van der Waals surface area contributed by atoms with E-state index in [1.54, 1.807) is 6.26 Å². The standard InChI is InChI=1S/C12H10BrN3O/c1-7-3-2-5-16-11(14)9(15-12(7)16)10-8(13)4-6-17-10/h2-6H,14H2,1H3. The summed E-state index contributed by atoms with van der Waals surface area (Å²) in [5.74, 6) is 1.24. The van der Waals surface area contributed by atoms with Crippen molar-refractivity contribution in [3.05, 3.63) is 40.7 Å². The fourth-order valence-electron chi connectivity index (χ4n) is 1.85. The Morgan fingerprint density at radius 1 is 1.41 bits per heavy atom. The Morgan fingerprint density at radius 3 is 2.88 bits per heavy atom. The molecule has 0 atom stereocenters. The van der Waals surface area contributed by atoms with Crippen molar-refractivity contribution in [2.24, 2.45) is 0 Å². The first-order chi connectivity index (χ1) is 8.18. The van der Waals surface area contributed by atoms with Crippen LogP contribution in [0.5, 0.6) is 0 Å². The quantitative estimate of drug-likeness (QED) is 0.749. The summed E-state index contributed by atoms with van der Waals surface area (Å²) in [4.78, 5) is 4.53. The Morgan fingerprint density at radius 2 is 2.24 bits per heavy atom. The molecule has 0 aliphatic heterocycles. The molecule has 3 rings (SSSR count). The second-order valence-electron chi connectivity index (χ2n) is 3.83. The first kappa shape index (κ1) is 10.4. The molecular weight excluding hydrogens is 282 g/mol. The van der Waals surface area contributed by atoms with Gasteiger partial charge in [0.25, 0.3) is 0 Å². The minimum atomic E-state index is 0.583. The van der Waals surface area contributed by atoms with Crippen LogP contribution in [-0.2, 0) is 0 Å². The highest BCUT2D eigenvalue weighted by molar-refractivity contribution is 9.10. The maximum atomic E-state index is 6.09. The largest absolute Gasteiger partial charge is 0.461 e. The van der Waals surface area contributed by atoms with Gasteiger partial charge in [0.15, 0.2) is 5.76 Å². The number of pyridine rings is 1. The van der Waals surface area contributed by atoms with Gasteiger partial charge >= 0.3 is 0 Å².